The number of hydrogen-bond donors (Lipinski definition) is 3. The first-order valence-corrected chi connectivity index (χ1v) is 8.80. The van der Waals surface area contributed by atoms with Crippen molar-refractivity contribution >= 4 is 5.91 Å². The fourth-order valence-electron chi connectivity index (χ4n) is 3.30. The van der Waals surface area contributed by atoms with Gasteiger partial charge in [-0.05, 0) is 24.3 Å². The van der Waals surface area contributed by atoms with Gasteiger partial charge in [0.2, 0.25) is 0 Å². The molecule has 4 N–H and O–H groups in total. The number of ether oxygens (including phenoxy) is 2. The standard InChI is InChI=1S/C18H29N3O3/c1-23-12-9-20-18(22)14-19-13-17(21-10-3-4-11-21)15-5-7-16(24-2)8-6-15/h5-8,17,19H,3-4,9-14H2,1-2H3,(H,20,22)/p+2/t17-/m1/s1. The van der Waals surface area contributed by atoms with Crippen LogP contribution in [0.2, 0.25) is 0 Å². The fraction of sp³-hybridized carbons (Fsp3) is 0.611. The minimum absolute atomic E-state index is 0.0666. The van der Waals surface area contributed by atoms with Crippen molar-refractivity contribution in [2.75, 3.05) is 53.6 Å². The molecule has 134 valence electrons. The second-order valence-electron chi connectivity index (χ2n) is 6.26. The largest absolute Gasteiger partial charge is 0.497 e. The van der Waals surface area contributed by atoms with E-state index in [-0.39, 0.29) is 5.91 Å². The summed E-state index contributed by atoms with van der Waals surface area (Å²) in [6, 6.07) is 8.78. The second-order valence-corrected chi connectivity index (χ2v) is 6.26. The highest BCUT2D eigenvalue weighted by Crippen LogP contribution is 2.15. The lowest BCUT2D eigenvalue weighted by atomic mass is 10.1. The molecule has 0 saturated carbocycles. The molecule has 1 aromatic carbocycles. The minimum Gasteiger partial charge on any atom is -0.497 e. The van der Waals surface area contributed by atoms with E-state index in [2.05, 4.69) is 22.8 Å². The van der Waals surface area contributed by atoms with E-state index in [1.807, 2.05) is 12.1 Å². The van der Waals surface area contributed by atoms with Crippen LogP contribution in [0.1, 0.15) is 24.4 Å². The lowest BCUT2D eigenvalue weighted by Gasteiger charge is -2.23. The predicted octanol–water partition coefficient (Wildman–Crippen LogP) is -1.26. The monoisotopic (exact) mass is 337 g/mol. The summed E-state index contributed by atoms with van der Waals surface area (Å²) < 4.78 is 10.2. The van der Waals surface area contributed by atoms with Gasteiger partial charge in [0.05, 0.1) is 26.8 Å². The summed E-state index contributed by atoms with van der Waals surface area (Å²) >= 11 is 0. The number of likely N-dealkylation sites (tertiary alicyclic amines) is 1. The Balaban J connectivity index is 1.88. The normalized spacial score (nSPS) is 16.1. The maximum atomic E-state index is 11.8. The molecule has 0 unspecified atom stereocenters. The molecule has 1 aromatic rings. The van der Waals surface area contributed by atoms with Gasteiger partial charge in [0.1, 0.15) is 12.3 Å². The van der Waals surface area contributed by atoms with Gasteiger partial charge in [0.25, 0.3) is 5.91 Å². The van der Waals surface area contributed by atoms with Gasteiger partial charge in [0, 0.05) is 32.1 Å². The molecular weight excluding hydrogens is 306 g/mol. The third-order valence-electron chi connectivity index (χ3n) is 4.62. The van der Waals surface area contributed by atoms with E-state index in [4.69, 9.17) is 9.47 Å². The summed E-state index contributed by atoms with van der Waals surface area (Å²) in [7, 11) is 3.32. The van der Waals surface area contributed by atoms with Crippen LogP contribution < -0.4 is 20.3 Å². The fourth-order valence-corrected chi connectivity index (χ4v) is 3.30. The number of nitrogens with one attached hydrogen (secondary N) is 2. The van der Waals surface area contributed by atoms with Gasteiger partial charge >= 0.3 is 0 Å². The summed E-state index contributed by atoms with van der Waals surface area (Å²) in [6.07, 6.45) is 2.58. The van der Waals surface area contributed by atoms with Crippen LogP contribution in [0.25, 0.3) is 0 Å². The van der Waals surface area contributed by atoms with Crippen LogP contribution in [0.4, 0.5) is 0 Å². The molecule has 6 heteroatoms. The van der Waals surface area contributed by atoms with Crippen LogP contribution >= 0.6 is 0 Å². The highest BCUT2D eigenvalue weighted by atomic mass is 16.5. The van der Waals surface area contributed by atoms with E-state index in [1.54, 1.807) is 19.1 Å². The molecule has 1 aliphatic rings. The van der Waals surface area contributed by atoms with Crippen molar-refractivity contribution in [3.8, 4) is 5.75 Å². The SMILES string of the molecule is COCCNC(=O)C[NH2+]C[C@H](c1ccc(OC)cc1)[NH+]1CCCC1. The van der Waals surface area contributed by atoms with Crippen molar-refractivity contribution in [2.45, 2.75) is 18.9 Å². The average molecular weight is 337 g/mol. The first kappa shape index (κ1) is 18.7. The number of rotatable bonds is 10. The molecule has 2 rings (SSSR count). The van der Waals surface area contributed by atoms with Gasteiger partial charge in [-0.15, -0.1) is 0 Å². The Hall–Kier alpha value is -1.63. The second kappa shape index (κ2) is 10.3. The zero-order valence-corrected chi connectivity index (χ0v) is 14.8. The van der Waals surface area contributed by atoms with Gasteiger partial charge < -0.3 is 25.0 Å². The van der Waals surface area contributed by atoms with Gasteiger partial charge in [-0.2, -0.15) is 0 Å². The molecule has 0 aliphatic carbocycles. The Labute approximate surface area is 144 Å². The number of quaternary nitrogens is 2. The summed E-state index contributed by atoms with van der Waals surface area (Å²) in [5.74, 6) is 0.951. The molecule has 0 aromatic heterocycles. The van der Waals surface area contributed by atoms with E-state index in [0.29, 0.717) is 25.7 Å². The molecule has 6 nitrogen and oxygen atoms in total. The topological polar surface area (TPSA) is 68.6 Å². The van der Waals surface area contributed by atoms with Crippen molar-refractivity contribution in [2.24, 2.45) is 0 Å². The summed E-state index contributed by atoms with van der Waals surface area (Å²) in [4.78, 5) is 13.4. The Kier molecular flexibility index (Phi) is 8.01. The molecule has 0 spiro atoms. The number of carbonyl (C=O) groups excluding carboxylic acids is 1. The first-order valence-electron chi connectivity index (χ1n) is 8.80. The maximum Gasteiger partial charge on any atom is 0.275 e. The van der Waals surface area contributed by atoms with Gasteiger partial charge in [0.15, 0.2) is 12.6 Å². The number of nitrogens with two attached hydrogens (primary N) is 1. The Bertz CT molecular complexity index is 487. The van der Waals surface area contributed by atoms with Crippen molar-refractivity contribution in [1.29, 1.82) is 0 Å². The van der Waals surface area contributed by atoms with Crippen molar-refractivity contribution in [1.82, 2.24) is 5.32 Å². The Morgan fingerprint density at radius 1 is 1.25 bits per heavy atom. The van der Waals surface area contributed by atoms with Crippen molar-refractivity contribution in [3.63, 3.8) is 0 Å². The van der Waals surface area contributed by atoms with E-state index in [9.17, 15) is 4.79 Å². The number of hydrogen-bond acceptors (Lipinski definition) is 3. The molecule has 1 aliphatic heterocycles. The Morgan fingerprint density at radius 2 is 1.96 bits per heavy atom. The van der Waals surface area contributed by atoms with Crippen LogP contribution in [0.3, 0.4) is 0 Å². The van der Waals surface area contributed by atoms with Gasteiger partial charge in [-0.3, -0.25) is 4.79 Å². The molecule has 1 heterocycles. The molecule has 0 radical (unpaired) electrons. The third kappa shape index (κ3) is 5.78. The molecule has 1 saturated heterocycles. The highest BCUT2D eigenvalue weighted by Gasteiger charge is 2.28. The lowest BCUT2D eigenvalue weighted by Crippen LogP contribution is -3.13. The maximum absolute atomic E-state index is 11.8. The molecule has 1 fully saturated rings. The molecule has 0 bridgehead atoms. The van der Waals surface area contributed by atoms with Gasteiger partial charge in [-0.25, -0.2) is 0 Å². The Morgan fingerprint density at radius 3 is 2.58 bits per heavy atom. The van der Waals surface area contributed by atoms with E-state index in [0.717, 1.165) is 12.3 Å². The molecular formula is C18H31N3O3+2. The lowest BCUT2D eigenvalue weighted by molar-refractivity contribution is -0.933. The van der Waals surface area contributed by atoms with Crippen LogP contribution in [-0.2, 0) is 9.53 Å². The van der Waals surface area contributed by atoms with E-state index >= 15 is 0 Å². The zero-order valence-electron chi connectivity index (χ0n) is 14.8. The summed E-state index contributed by atoms with van der Waals surface area (Å²) in [5.41, 5.74) is 1.32. The van der Waals surface area contributed by atoms with Gasteiger partial charge in [-0.1, -0.05) is 0 Å². The van der Waals surface area contributed by atoms with Crippen LogP contribution in [0.5, 0.6) is 5.75 Å². The first-order chi connectivity index (χ1) is 11.7. The van der Waals surface area contributed by atoms with Crippen LogP contribution in [-0.4, -0.2) is 59.5 Å². The minimum atomic E-state index is 0.0666. The predicted molar refractivity (Wildman–Crippen MR) is 92.2 cm³/mol. The number of benzene rings is 1. The average Bonchev–Trinajstić information content (AvgIpc) is 3.13. The van der Waals surface area contributed by atoms with Crippen molar-refractivity contribution < 1.29 is 24.5 Å². The third-order valence-corrected chi connectivity index (χ3v) is 4.62. The zero-order chi connectivity index (χ0) is 17.2. The van der Waals surface area contributed by atoms with E-state index in [1.165, 1.54) is 31.5 Å². The smallest absolute Gasteiger partial charge is 0.275 e. The molecule has 1 atom stereocenters. The number of methoxy groups -OCH3 is 2. The summed E-state index contributed by atoms with van der Waals surface area (Å²) in [6.45, 7) is 4.93. The van der Waals surface area contributed by atoms with Crippen molar-refractivity contribution in [3.05, 3.63) is 29.8 Å². The number of carbonyl (C=O) groups is 1. The quantitative estimate of drug-likeness (QED) is 0.467. The highest BCUT2D eigenvalue weighted by molar-refractivity contribution is 5.76. The molecule has 1 amide bonds. The summed E-state index contributed by atoms with van der Waals surface area (Å²) in [5, 5.41) is 4.98. The van der Waals surface area contributed by atoms with E-state index < -0.39 is 0 Å². The van der Waals surface area contributed by atoms with Crippen LogP contribution in [0.15, 0.2) is 24.3 Å². The molecule has 24 heavy (non-hydrogen) atoms. The van der Waals surface area contributed by atoms with Crippen LogP contribution in [0, 0.1) is 0 Å². The number of amides is 1.